The molecule has 0 saturated carbocycles. The first-order valence-electron chi connectivity index (χ1n) is 31.6. The third-order valence-electron chi connectivity index (χ3n) is 13.9. The Morgan fingerprint density at radius 3 is 1.22 bits per heavy atom. The highest BCUT2D eigenvalue weighted by Crippen LogP contribution is 2.26. The number of ether oxygens (including phenoxy) is 5. The number of carboxylic acids is 1. The summed E-state index contributed by atoms with van der Waals surface area (Å²) in [6.45, 7) is 5.83. The zero-order valence-electron chi connectivity index (χ0n) is 49.8. The quantitative estimate of drug-likeness (QED) is 0.0228. The second kappa shape index (κ2) is 54.5. The van der Waals surface area contributed by atoms with E-state index in [0.717, 1.165) is 148 Å². The molecule has 79 heavy (non-hydrogen) atoms. The van der Waals surface area contributed by atoms with Gasteiger partial charge in [0, 0.05) is 19.3 Å². The summed E-state index contributed by atoms with van der Waals surface area (Å²) < 4.78 is 28.5. The van der Waals surface area contributed by atoms with Crippen LogP contribution < -0.4 is 0 Å². The fraction of sp³-hybridized carbons (Fsp3) is 0.731. The van der Waals surface area contributed by atoms with Gasteiger partial charge in [0.05, 0.1) is 6.61 Å². The Balaban J connectivity index is 2.69. The molecule has 452 valence electrons. The Morgan fingerprint density at radius 2 is 0.797 bits per heavy atom. The summed E-state index contributed by atoms with van der Waals surface area (Å²) in [6, 6.07) is 0. The zero-order chi connectivity index (χ0) is 57.5. The van der Waals surface area contributed by atoms with Gasteiger partial charge in [-0.1, -0.05) is 215 Å². The molecule has 1 heterocycles. The van der Waals surface area contributed by atoms with E-state index >= 15 is 0 Å². The van der Waals surface area contributed by atoms with Gasteiger partial charge in [-0.3, -0.25) is 14.4 Å². The van der Waals surface area contributed by atoms with Crippen LogP contribution in [0.1, 0.15) is 265 Å². The zero-order valence-corrected chi connectivity index (χ0v) is 49.8. The lowest BCUT2D eigenvalue weighted by Gasteiger charge is -2.40. The smallest absolute Gasteiger partial charge is 0.335 e. The first-order valence-corrected chi connectivity index (χ1v) is 31.6. The van der Waals surface area contributed by atoms with Crippen LogP contribution >= 0.6 is 0 Å². The molecular weight excluding hydrogens is 997 g/mol. The molecule has 1 rings (SSSR count). The number of unbranched alkanes of at least 4 members (excludes halogenated alkanes) is 25. The number of hydrogen-bond donors (Lipinski definition) is 3. The molecule has 0 amide bonds. The van der Waals surface area contributed by atoms with Crippen molar-refractivity contribution in [3.05, 3.63) is 85.1 Å². The van der Waals surface area contributed by atoms with Crippen LogP contribution in [0.4, 0.5) is 0 Å². The molecule has 0 aromatic carbocycles. The van der Waals surface area contributed by atoms with Gasteiger partial charge < -0.3 is 39.0 Å². The molecule has 0 aromatic heterocycles. The Kier molecular flexibility index (Phi) is 50.3. The molecule has 12 nitrogen and oxygen atoms in total. The predicted molar refractivity (Wildman–Crippen MR) is 321 cm³/mol. The van der Waals surface area contributed by atoms with Gasteiger partial charge >= 0.3 is 23.9 Å². The first kappa shape index (κ1) is 72.9. The highest BCUT2D eigenvalue weighted by molar-refractivity contribution is 5.74. The van der Waals surface area contributed by atoms with Gasteiger partial charge in [0.1, 0.15) is 18.8 Å². The molecule has 12 heteroatoms. The Bertz CT molecular complexity index is 1700. The molecule has 0 bridgehead atoms. The van der Waals surface area contributed by atoms with Crippen LogP contribution in [0, 0.1) is 0 Å². The Hall–Kier alpha value is -4.10. The van der Waals surface area contributed by atoms with Crippen LogP contribution in [0.25, 0.3) is 0 Å². The third-order valence-corrected chi connectivity index (χ3v) is 13.9. The van der Waals surface area contributed by atoms with Gasteiger partial charge in [0.25, 0.3) is 0 Å². The molecule has 3 N–H and O–H groups in total. The van der Waals surface area contributed by atoms with Crippen molar-refractivity contribution in [1.29, 1.82) is 0 Å². The number of aliphatic carboxylic acids is 1. The minimum Gasteiger partial charge on any atom is -0.479 e. The first-order chi connectivity index (χ1) is 38.6. The number of allylic oxidation sites excluding steroid dienone is 14. The largest absolute Gasteiger partial charge is 0.479 e. The van der Waals surface area contributed by atoms with Crippen molar-refractivity contribution >= 4 is 23.9 Å². The number of aliphatic hydroxyl groups is 2. The molecule has 0 radical (unpaired) electrons. The minimum atomic E-state index is -1.91. The summed E-state index contributed by atoms with van der Waals surface area (Å²) in [6.07, 6.45) is 58.2. The van der Waals surface area contributed by atoms with Crippen molar-refractivity contribution in [1.82, 2.24) is 0 Å². The van der Waals surface area contributed by atoms with Crippen molar-refractivity contribution in [2.75, 3.05) is 13.2 Å². The number of hydrogen-bond acceptors (Lipinski definition) is 11. The Morgan fingerprint density at radius 1 is 0.430 bits per heavy atom. The number of carbonyl (C=O) groups is 4. The maximum atomic E-state index is 13.2. The summed E-state index contributed by atoms with van der Waals surface area (Å²) in [5.74, 6) is -3.16. The molecule has 1 fully saturated rings. The third kappa shape index (κ3) is 44.3. The maximum absolute atomic E-state index is 13.2. The van der Waals surface area contributed by atoms with Gasteiger partial charge in [-0.05, 0) is 116 Å². The number of rotatable bonds is 53. The number of carboxylic acid groups (broad SMARTS) is 1. The monoisotopic (exact) mass is 1110 g/mol. The topological polar surface area (TPSA) is 175 Å². The van der Waals surface area contributed by atoms with Gasteiger partial charge in [0.2, 0.25) is 0 Å². The van der Waals surface area contributed by atoms with E-state index in [2.05, 4.69) is 106 Å². The molecule has 6 unspecified atom stereocenters. The van der Waals surface area contributed by atoms with Crippen molar-refractivity contribution in [2.24, 2.45) is 0 Å². The maximum Gasteiger partial charge on any atom is 0.335 e. The molecule has 0 aliphatic carbocycles. The molecular formula is C67H112O12. The molecule has 6 atom stereocenters. The van der Waals surface area contributed by atoms with Crippen LogP contribution in [-0.4, -0.2) is 89.2 Å². The van der Waals surface area contributed by atoms with Crippen LogP contribution in [0.15, 0.2) is 85.1 Å². The number of aliphatic hydroxyl groups excluding tert-OH is 2. The summed E-state index contributed by atoms with van der Waals surface area (Å²) >= 11 is 0. The minimum absolute atomic E-state index is 0.0441. The second-order valence-electron chi connectivity index (χ2n) is 21.3. The SMILES string of the molecule is CC/C=C\C/C=C\C/C=C\CCCCCCCCCC(=O)OC1C(OCC(COC(=O)CCCCCCCCC/C=C\C/C=C\CCCCC)OC(=O)CCCCCCC/C=C\C/C=C\CCCCC)OC(C(=O)O)C(O)C1O. The fourth-order valence-electron chi connectivity index (χ4n) is 9.09. The number of carbonyl (C=O) groups excluding carboxylic acids is 3. The summed E-state index contributed by atoms with van der Waals surface area (Å²) in [7, 11) is 0. The molecule has 0 spiro atoms. The van der Waals surface area contributed by atoms with E-state index < -0.39 is 67.3 Å². The van der Waals surface area contributed by atoms with Gasteiger partial charge in [-0.25, -0.2) is 4.79 Å². The van der Waals surface area contributed by atoms with E-state index in [1.54, 1.807) is 0 Å². The van der Waals surface area contributed by atoms with Crippen LogP contribution in [0.2, 0.25) is 0 Å². The average Bonchev–Trinajstić information content (AvgIpc) is 3.43. The lowest BCUT2D eigenvalue weighted by atomic mass is 9.98. The van der Waals surface area contributed by atoms with Crippen LogP contribution in [-0.2, 0) is 42.9 Å². The summed E-state index contributed by atoms with van der Waals surface area (Å²) in [5.41, 5.74) is 0. The standard InChI is InChI=1S/C67H112O12/c1-4-7-10-13-16-19-22-25-28-30-33-35-38-41-44-47-50-53-59(68)75-56-58(77-60(69)54-51-48-45-42-39-36-32-27-24-21-18-15-12-9-6-3)57-76-67-65(63(72)62(71)64(79-67)66(73)74)78-61(70)55-52-49-46-43-40-37-34-31-29-26-23-20-17-14-11-8-5-2/h8,11,16-21,25-29,32,58,62-65,67,71-72H,4-7,9-10,12-15,22-24,30-31,33-57H2,1-3H3,(H,73,74)/b11-8-,19-16-,20-17-,21-18-,28-25-,29-26-,32-27-. The molecule has 1 saturated heterocycles. The van der Waals surface area contributed by atoms with Crippen molar-refractivity contribution in [2.45, 2.75) is 302 Å². The molecule has 0 aromatic rings. The van der Waals surface area contributed by atoms with E-state index in [4.69, 9.17) is 23.7 Å². The van der Waals surface area contributed by atoms with Crippen molar-refractivity contribution in [3.63, 3.8) is 0 Å². The second-order valence-corrected chi connectivity index (χ2v) is 21.3. The summed E-state index contributed by atoms with van der Waals surface area (Å²) in [4.78, 5) is 51.3. The van der Waals surface area contributed by atoms with E-state index in [1.165, 1.54) is 57.8 Å². The van der Waals surface area contributed by atoms with E-state index in [0.29, 0.717) is 19.3 Å². The lowest BCUT2D eigenvalue weighted by molar-refractivity contribution is -0.301. The molecule has 1 aliphatic rings. The van der Waals surface area contributed by atoms with Crippen LogP contribution in [0.5, 0.6) is 0 Å². The van der Waals surface area contributed by atoms with Crippen LogP contribution in [0.3, 0.4) is 0 Å². The van der Waals surface area contributed by atoms with E-state index in [9.17, 15) is 34.5 Å². The lowest BCUT2D eigenvalue weighted by Crippen LogP contribution is -2.61. The predicted octanol–water partition coefficient (Wildman–Crippen LogP) is 16.7. The van der Waals surface area contributed by atoms with Gasteiger partial charge in [-0.15, -0.1) is 0 Å². The number of esters is 3. The van der Waals surface area contributed by atoms with Crippen molar-refractivity contribution in [3.8, 4) is 0 Å². The van der Waals surface area contributed by atoms with Gasteiger partial charge in [0.15, 0.2) is 24.6 Å². The highest BCUT2D eigenvalue weighted by Gasteiger charge is 2.50. The average molecular weight is 1110 g/mol. The fourth-order valence-corrected chi connectivity index (χ4v) is 9.09. The van der Waals surface area contributed by atoms with Gasteiger partial charge in [-0.2, -0.15) is 0 Å². The normalized spacial score (nSPS) is 18.4. The Labute approximate surface area is 480 Å². The van der Waals surface area contributed by atoms with E-state index in [-0.39, 0.29) is 25.9 Å². The summed E-state index contributed by atoms with van der Waals surface area (Å²) in [5, 5.41) is 31.6. The highest BCUT2D eigenvalue weighted by atomic mass is 16.7. The van der Waals surface area contributed by atoms with Crippen molar-refractivity contribution < 1.29 is 58.2 Å². The van der Waals surface area contributed by atoms with E-state index in [1.807, 2.05) is 0 Å². The molecule has 1 aliphatic heterocycles.